The predicted octanol–water partition coefficient (Wildman–Crippen LogP) is 3.10. The second-order valence-electron chi connectivity index (χ2n) is 11.4. The van der Waals surface area contributed by atoms with E-state index >= 15 is 0 Å². The molecule has 4 heterocycles. The van der Waals surface area contributed by atoms with E-state index in [1.807, 2.05) is 0 Å². The summed E-state index contributed by atoms with van der Waals surface area (Å²) in [5.74, 6) is 1.48. The minimum Gasteiger partial charge on any atom is -0.497 e. The summed E-state index contributed by atoms with van der Waals surface area (Å²) in [6.07, 6.45) is 8.40. The van der Waals surface area contributed by atoms with Gasteiger partial charge in [0.15, 0.2) is 0 Å². The van der Waals surface area contributed by atoms with E-state index in [0.717, 1.165) is 50.5 Å². The second kappa shape index (κ2) is 12.6. The number of aryl methyl sites for hydroxylation is 2. The fourth-order valence-corrected chi connectivity index (χ4v) is 8.42. The van der Waals surface area contributed by atoms with Crippen molar-refractivity contribution in [2.75, 3.05) is 46.5 Å². The number of aromatic nitrogens is 2. The van der Waals surface area contributed by atoms with Gasteiger partial charge >= 0.3 is 0 Å². The molecule has 2 aromatic rings. The maximum atomic E-state index is 13.8. The van der Waals surface area contributed by atoms with Gasteiger partial charge in [0, 0.05) is 38.4 Å². The van der Waals surface area contributed by atoms with Crippen molar-refractivity contribution >= 4 is 15.9 Å². The summed E-state index contributed by atoms with van der Waals surface area (Å²) in [6, 6.07) is 3.22. The summed E-state index contributed by atoms with van der Waals surface area (Å²) in [6.45, 7) is 9.13. The van der Waals surface area contributed by atoms with Crippen molar-refractivity contribution in [3.63, 3.8) is 0 Å². The highest BCUT2D eigenvalue weighted by molar-refractivity contribution is 7.89. The van der Waals surface area contributed by atoms with Gasteiger partial charge in [0.1, 0.15) is 18.2 Å². The maximum absolute atomic E-state index is 13.8. The molecule has 1 unspecified atom stereocenters. The van der Waals surface area contributed by atoms with Crippen LogP contribution in [0.5, 0.6) is 5.75 Å². The molecule has 5 rings (SSSR count). The first-order valence-corrected chi connectivity index (χ1v) is 16.0. The van der Waals surface area contributed by atoms with Gasteiger partial charge in [0.2, 0.25) is 15.9 Å². The summed E-state index contributed by atoms with van der Waals surface area (Å²) in [4.78, 5) is 22.5. The monoisotopic (exact) mass is 573 g/mol. The third-order valence-electron chi connectivity index (χ3n) is 8.38. The van der Waals surface area contributed by atoms with Gasteiger partial charge in [-0.15, -0.1) is 0 Å². The molecule has 220 valence electrons. The lowest BCUT2D eigenvalue weighted by Gasteiger charge is -2.35. The van der Waals surface area contributed by atoms with Gasteiger partial charge in [-0.3, -0.25) is 9.69 Å². The molecule has 1 atom stereocenters. The molecule has 0 bridgehead atoms. The molecule has 0 saturated carbocycles. The Morgan fingerprint density at radius 1 is 1.00 bits per heavy atom. The van der Waals surface area contributed by atoms with E-state index < -0.39 is 10.0 Å². The zero-order chi connectivity index (χ0) is 28.3. The van der Waals surface area contributed by atoms with Crippen molar-refractivity contribution in [1.82, 2.24) is 23.7 Å². The number of likely N-dealkylation sites (tertiary alicyclic amines) is 1. The summed E-state index contributed by atoms with van der Waals surface area (Å²) >= 11 is 0. The number of methoxy groups -OCH3 is 1. The number of piperidine rings is 2. The van der Waals surface area contributed by atoms with E-state index in [2.05, 4.69) is 15.7 Å². The van der Waals surface area contributed by atoms with Gasteiger partial charge in [-0.05, 0) is 75.9 Å². The molecule has 1 aromatic carbocycles. The number of rotatable bonds is 9. The lowest BCUT2D eigenvalue weighted by molar-refractivity contribution is -0.138. The Bertz CT molecular complexity index is 1280. The molecule has 11 heteroatoms. The first-order chi connectivity index (χ1) is 19.3. The molecule has 0 N–H and O–H groups in total. The smallest absolute Gasteiger partial charge is 0.249 e. The average molecular weight is 574 g/mol. The zero-order valence-electron chi connectivity index (χ0n) is 24.1. The first-order valence-electron chi connectivity index (χ1n) is 14.6. The highest BCUT2D eigenvalue weighted by atomic mass is 32.2. The SMILES string of the molecule is COc1cc(C)c(S(=O)(=O)N2CCCCC2COCC(=O)N2CCn3cc(CN4CCCCC4)nc3C2)c(C)c1. The van der Waals surface area contributed by atoms with Crippen molar-refractivity contribution in [3.8, 4) is 5.75 Å². The van der Waals surface area contributed by atoms with Crippen LogP contribution < -0.4 is 4.74 Å². The number of hydrogen-bond acceptors (Lipinski definition) is 7. The highest BCUT2D eigenvalue weighted by Crippen LogP contribution is 2.32. The van der Waals surface area contributed by atoms with E-state index in [1.54, 1.807) is 42.3 Å². The molecule has 3 aliphatic rings. The lowest BCUT2D eigenvalue weighted by Crippen LogP contribution is -2.47. The molecule has 0 spiro atoms. The van der Waals surface area contributed by atoms with Crippen molar-refractivity contribution < 1.29 is 22.7 Å². The fraction of sp³-hybridized carbons (Fsp3) is 0.655. The van der Waals surface area contributed by atoms with Gasteiger partial charge in [0.05, 0.1) is 30.9 Å². The minimum absolute atomic E-state index is 0.0632. The molecule has 10 nitrogen and oxygen atoms in total. The van der Waals surface area contributed by atoms with Crippen molar-refractivity contribution in [1.29, 1.82) is 0 Å². The zero-order valence-corrected chi connectivity index (χ0v) is 24.9. The second-order valence-corrected chi connectivity index (χ2v) is 13.2. The van der Waals surface area contributed by atoms with E-state index in [4.69, 9.17) is 14.5 Å². The fourth-order valence-electron chi connectivity index (χ4n) is 6.33. The van der Waals surface area contributed by atoms with Gasteiger partial charge < -0.3 is 18.9 Å². The number of carbonyl (C=O) groups excluding carboxylic acids is 1. The van der Waals surface area contributed by atoms with Crippen LogP contribution in [-0.2, 0) is 39.2 Å². The lowest BCUT2D eigenvalue weighted by atomic mass is 10.1. The molecule has 1 aromatic heterocycles. The molecule has 1 amide bonds. The third kappa shape index (κ3) is 6.37. The predicted molar refractivity (Wildman–Crippen MR) is 152 cm³/mol. The van der Waals surface area contributed by atoms with Crippen molar-refractivity contribution in [3.05, 3.63) is 41.0 Å². The Balaban J connectivity index is 1.17. The molecular weight excluding hydrogens is 530 g/mol. The van der Waals surface area contributed by atoms with E-state index in [1.165, 1.54) is 19.3 Å². The first kappa shape index (κ1) is 29.0. The molecule has 40 heavy (non-hydrogen) atoms. The summed E-state index contributed by atoms with van der Waals surface area (Å²) in [5, 5.41) is 0. The quantitative estimate of drug-likeness (QED) is 0.455. The Kier molecular flexibility index (Phi) is 9.14. The van der Waals surface area contributed by atoms with Crippen LogP contribution in [0.2, 0.25) is 0 Å². The topological polar surface area (TPSA) is 97.2 Å². The van der Waals surface area contributed by atoms with Crippen LogP contribution >= 0.6 is 0 Å². The summed E-state index contributed by atoms with van der Waals surface area (Å²) in [5.41, 5.74) is 2.41. The molecule has 2 fully saturated rings. The largest absolute Gasteiger partial charge is 0.497 e. The molecule has 2 saturated heterocycles. The third-order valence-corrected chi connectivity index (χ3v) is 10.6. The number of imidazole rings is 1. The number of carbonyl (C=O) groups is 1. The highest BCUT2D eigenvalue weighted by Gasteiger charge is 2.36. The number of benzene rings is 1. The van der Waals surface area contributed by atoms with Crippen LogP contribution in [-0.4, -0.2) is 90.5 Å². The average Bonchev–Trinajstić information content (AvgIpc) is 3.34. The molecular formula is C29H43N5O5S. The van der Waals surface area contributed by atoms with Crippen LogP contribution in [0.15, 0.2) is 23.2 Å². The van der Waals surface area contributed by atoms with Crippen LogP contribution in [0.1, 0.15) is 61.2 Å². The van der Waals surface area contributed by atoms with Gasteiger partial charge in [-0.25, -0.2) is 13.4 Å². The van der Waals surface area contributed by atoms with Crippen LogP contribution in [0.4, 0.5) is 0 Å². The molecule has 0 radical (unpaired) electrons. The van der Waals surface area contributed by atoms with Gasteiger partial charge in [-0.2, -0.15) is 4.31 Å². The Morgan fingerprint density at radius 2 is 1.73 bits per heavy atom. The Hall–Kier alpha value is -2.47. The number of nitrogens with zero attached hydrogens (tertiary/aromatic N) is 5. The summed E-state index contributed by atoms with van der Waals surface area (Å²) < 4.78 is 42.5. The Morgan fingerprint density at radius 3 is 2.45 bits per heavy atom. The summed E-state index contributed by atoms with van der Waals surface area (Å²) in [7, 11) is -2.15. The van der Waals surface area contributed by atoms with Gasteiger partial charge in [-0.1, -0.05) is 12.8 Å². The standard InChI is InChI=1S/C29H43N5O5S/c1-22-15-26(38-3)16-23(2)29(22)40(36,37)34-12-8-5-9-25(34)20-39-21-28(35)33-14-13-32-18-24(30-27(32)19-33)17-31-10-6-4-7-11-31/h15-16,18,25H,4-14,17,19-21H2,1-3H3. The van der Waals surface area contributed by atoms with Crippen LogP contribution in [0, 0.1) is 13.8 Å². The van der Waals surface area contributed by atoms with Gasteiger partial charge in [0.25, 0.3) is 0 Å². The van der Waals surface area contributed by atoms with Crippen LogP contribution in [0.25, 0.3) is 0 Å². The van der Waals surface area contributed by atoms with E-state index in [-0.39, 0.29) is 25.2 Å². The number of amides is 1. The minimum atomic E-state index is -3.72. The molecule has 3 aliphatic heterocycles. The number of hydrogen-bond donors (Lipinski definition) is 0. The van der Waals surface area contributed by atoms with E-state index in [9.17, 15) is 13.2 Å². The number of ether oxygens (including phenoxy) is 2. The molecule has 0 aliphatic carbocycles. The van der Waals surface area contributed by atoms with Crippen molar-refractivity contribution in [2.45, 2.75) is 82.9 Å². The number of fused-ring (bicyclic) bond motifs is 1. The van der Waals surface area contributed by atoms with Crippen molar-refractivity contribution in [2.24, 2.45) is 0 Å². The normalized spacial score (nSPS) is 20.9. The van der Waals surface area contributed by atoms with E-state index in [0.29, 0.717) is 47.8 Å². The number of sulfonamides is 1. The maximum Gasteiger partial charge on any atom is 0.249 e. The van der Waals surface area contributed by atoms with Crippen LogP contribution in [0.3, 0.4) is 0 Å². The Labute approximate surface area is 238 Å².